The van der Waals surface area contributed by atoms with E-state index in [9.17, 15) is 0 Å². The zero-order chi connectivity index (χ0) is 11.4. The highest BCUT2D eigenvalue weighted by Crippen LogP contribution is 2.23. The average Bonchev–Trinajstić information content (AvgIpc) is 2.47. The predicted molar refractivity (Wildman–Crippen MR) is 61.0 cm³/mol. The van der Waals surface area contributed by atoms with Crippen molar-refractivity contribution in [3.63, 3.8) is 0 Å². The number of hydrogen-bond acceptors (Lipinski definition) is 2. The molecule has 2 rings (SSSR count). The smallest absolute Gasteiger partial charge is 0.300 e. The molecule has 0 radical (unpaired) electrons. The van der Waals surface area contributed by atoms with E-state index in [1.165, 1.54) is 0 Å². The third-order valence-electron chi connectivity index (χ3n) is 1.68. The van der Waals surface area contributed by atoms with Gasteiger partial charge in [-0.1, -0.05) is 11.6 Å². The van der Waals surface area contributed by atoms with E-state index in [2.05, 4.69) is 4.98 Å². The van der Waals surface area contributed by atoms with Crippen LogP contribution in [0.5, 0.6) is 0 Å². The van der Waals surface area contributed by atoms with E-state index in [-0.39, 0.29) is 0 Å². The van der Waals surface area contributed by atoms with E-state index in [1.807, 2.05) is 18.2 Å². The fraction of sp³-hybridized carbons (Fsp3) is 0.100. The first kappa shape index (κ1) is 11.4. The van der Waals surface area contributed by atoms with Crippen molar-refractivity contribution in [1.82, 2.24) is 4.98 Å². The number of nitrogens with one attached hydrogen (secondary N) is 1. The molecule has 1 heterocycles. The molecule has 4 nitrogen and oxygen atoms in total. The van der Waals surface area contributed by atoms with Crippen molar-refractivity contribution in [2.24, 2.45) is 0 Å². The zero-order valence-corrected chi connectivity index (χ0v) is 8.88. The molecule has 0 fully saturated rings. The number of rotatable bonds is 0. The number of H-pyrrole nitrogens is 1. The number of aromatic nitrogens is 1. The zero-order valence-electron chi connectivity index (χ0n) is 8.12. The van der Waals surface area contributed by atoms with Gasteiger partial charge in [-0.2, -0.15) is 0 Å². The highest BCUT2D eigenvalue weighted by molar-refractivity contribution is 6.31. The molecule has 0 aliphatic carbocycles. The molecule has 0 bridgehead atoms. The van der Waals surface area contributed by atoms with Gasteiger partial charge in [0, 0.05) is 29.0 Å². The first-order chi connectivity index (χ1) is 7.00. The van der Waals surface area contributed by atoms with Crippen molar-refractivity contribution in [2.75, 3.05) is 5.73 Å². The minimum absolute atomic E-state index is 0.712. The lowest BCUT2D eigenvalue weighted by Gasteiger charge is -1.91. The maximum absolute atomic E-state index is 9.00. The van der Waals surface area contributed by atoms with E-state index >= 15 is 0 Å². The molecule has 1 aromatic carbocycles. The maximum atomic E-state index is 9.00. The van der Waals surface area contributed by atoms with Crippen LogP contribution in [0.3, 0.4) is 0 Å². The number of halogens is 1. The lowest BCUT2D eigenvalue weighted by Crippen LogP contribution is -1.79. The van der Waals surface area contributed by atoms with Crippen molar-refractivity contribution in [3.05, 3.63) is 29.4 Å². The van der Waals surface area contributed by atoms with Gasteiger partial charge in [-0.25, -0.2) is 0 Å². The third-order valence-corrected chi connectivity index (χ3v) is 1.91. The molecule has 0 spiro atoms. The standard InChI is InChI=1S/C8H7ClN2.C2H4O2/c9-5-1-2-8-6(3-5)7(10)4-11-8;1-2(3)4/h1-4,11H,10H2;1H3,(H,3,4). The number of carbonyl (C=O) groups is 1. The number of benzene rings is 1. The van der Waals surface area contributed by atoms with E-state index in [0.29, 0.717) is 5.02 Å². The van der Waals surface area contributed by atoms with E-state index < -0.39 is 5.97 Å². The fourth-order valence-electron chi connectivity index (χ4n) is 1.11. The summed E-state index contributed by atoms with van der Waals surface area (Å²) in [6, 6.07) is 5.59. The quantitative estimate of drug-likeness (QED) is 0.646. The van der Waals surface area contributed by atoms with Gasteiger partial charge in [0.25, 0.3) is 5.97 Å². The van der Waals surface area contributed by atoms with Crippen molar-refractivity contribution < 1.29 is 9.90 Å². The monoisotopic (exact) mass is 226 g/mol. The summed E-state index contributed by atoms with van der Waals surface area (Å²) in [4.78, 5) is 12.0. The highest BCUT2D eigenvalue weighted by atomic mass is 35.5. The van der Waals surface area contributed by atoms with Crippen LogP contribution in [0.15, 0.2) is 24.4 Å². The highest BCUT2D eigenvalue weighted by Gasteiger charge is 1.98. The Labute approximate surface area is 91.7 Å². The van der Waals surface area contributed by atoms with Crippen LogP contribution < -0.4 is 5.73 Å². The first-order valence-electron chi connectivity index (χ1n) is 4.22. The molecule has 0 saturated carbocycles. The maximum Gasteiger partial charge on any atom is 0.300 e. The van der Waals surface area contributed by atoms with Gasteiger partial charge in [0.2, 0.25) is 0 Å². The molecular formula is C10H11ClN2O2. The number of hydrogen-bond donors (Lipinski definition) is 3. The third kappa shape index (κ3) is 3.18. The molecule has 4 N–H and O–H groups in total. The van der Waals surface area contributed by atoms with Gasteiger partial charge in [0.1, 0.15) is 0 Å². The minimum atomic E-state index is -0.833. The average molecular weight is 227 g/mol. The Morgan fingerprint density at radius 2 is 2.13 bits per heavy atom. The number of aromatic amines is 1. The molecule has 0 saturated heterocycles. The van der Waals surface area contributed by atoms with Crippen LogP contribution >= 0.6 is 11.6 Å². The van der Waals surface area contributed by atoms with Crippen LogP contribution in [0, 0.1) is 0 Å². The second-order valence-electron chi connectivity index (χ2n) is 2.95. The summed E-state index contributed by atoms with van der Waals surface area (Å²) in [6.07, 6.45) is 1.76. The van der Waals surface area contributed by atoms with Crippen molar-refractivity contribution in [1.29, 1.82) is 0 Å². The number of anilines is 1. The van der Waals surface area contributed by atoms with Crippen LogP contribution in [-0.4, -0.2) is 16.1 Å². The SMILES string of the molecule is CC(=O)O.Nc1c[nH]c2ccc(Cl)cc12. The van der Waals surface area contributed by atoms with Crippen LogP contribution in [0.2, 0.25) is 5.02 Å². The van der Waals surface area contributed by atoms with Crippen LogP contribution in [-0.2, 0) is 4.79 Å². The predicted octanol–water partition coefficient (Wildman–Crippen LogP) is 2.49. The van der Waals surface area contributed by atoms with Gasteiger partial charge >= 0.3 is 0 Å². The Bertz CT molecular complexity index is 475. The molecule has 0 amide bonds. The number of carboxylic acid groups (broad SMARTS) is 1. The van der Waals surface area contributed by atoms with E-state index in [1.54, 1.807) is 6.20 Å². The van der Waals surface area contributed by atoms with Gasteiger partial charge < -0.3 is 15.8 Å². The summed E-state index contributed by atoms with van der Waals surface area (Å²) in [6.45, 7) is 1.08. The molecule has 0 unspecified atom stereocenters. The lowest BCUT2D eigenvalue weighted by atomic mass is 10.2. The van der Waals surface area contributed by atoms with Gasteiger partial charge in [-0.3, -0.25) is 4.79 Å². The molecule has 1 aromatic heterocycles. The van der Waals surface area contributed by atoms with Gasteiger partial charge in [-0.15, -0.1) is 0 Å². The second kappa shape index (κ2) is 4.70. The van der Waals surface area contributed by atoms with Crippen LogP contribution in [0.4, 0.5) is 5.69 Å². The van der Waals surface area contributed by atoms with Crippen molar-refractivity contribution in [3.8, 4) is 0 Å². The Morgan fingerprint density at radius 1 is 1.53 bits per heavy atom. The van der Waals surface area contributed by atoms with Crippen molar-refractivity contribution >= 4 is 34.2 Å². The topological polar surface area (TPSA) is 79.1 Å². The molecular weight excluding hydrogens is 216 g/mol. The van der Waals surface area contributed by atoms with Gasteiger partial charge in [0.15, 0.2) is 0 Å². The fourth-order valence-corrected chi connectivity index (χ4v) is 1.29. The normalized spacial score (nSPS) is 9.47. The Balaban J connectivity index is 0.000000245. The lowest BCUT2D eigenvalue weighted by molar-refractivity contribution is -0.134. The van der Waals surface area contributed by atoms with Gasteiger partial charge in [0.05, 0.1) is 5.69 Å². The number of nitrogen functional groups attached to an aromatic ring is 1. The Kier molecular flexibility index (Phi) is 3.57. The summed E-state index contributed by atoms with van der Waals surface area (Å²) < 4.78 is 0. The summed E-state index contributed by atoms with van der Waals surface area (Å²) in [5, 5.41) is 9.11. The molecule has 0 aliphatic heterocycles. The van der Waals surface area contributed by atoms with E-state index in [0.717, 1.165) is 23.5 Å². The number of carboxylic acids is 1. The summed E-state index contributed by atoms with van der Waals surface area (Å²) in [7, 11) is 0. The summed E-state index contributed by atoms with van der Waals surface area (Å²) >= 11 is 5.78. The van der Waals surface area contributed by atoms with Crippen LogP contribution in [0.25, 0.3) is 10.9 Å². The molecule has 5 heteroatoms. The summed E-state index contributed by atoms with van der Waals surface area (Å²) in [5.74, 6) is -0.833. The Morgan fingerprint density at radius 3 is 2.73 bits per heavy atom. The summed E-state index contributed by atoms with van der Waals surface area (Å²) in [5.41, 5.74) is 7.41. The number of nitrogens with two attached hydrogens (primary N) is 1. The molecule has 0 aliphatic rings. The van der Waals surface area contributed by atoms with Gasteiger partial charge in [-0.05, 0) is 18.2 Å². The molecule has 80 valence electrons. The molecule has 15 heavy (non-hydrogen) atoms. The largest absolute Gasteiger partial charge is 0.481 e. The Hall–Kier alpha value is -1.68. The molecule has 0 atom stereocenters. The molecule has 2 aromatic rings. The second-order valence-corrected chi connectivity index (χ2v) is 3.39. The minimum Gasteiger partial charge on any atom is -0.481 e. The number of aliphatic carboxylic acids is 1. The first-order valence-corrected chi connectivity index (χ1v) is 4.60. The van der Waals surface area contributed by atoms with Crippen LogP contribution in [0.1, 0.15) is 6.92 Å². The van der Waals surface area contributed by atoms with Crippen molar-refractivity contribution in [2.45, 2.75) is 6.92 Å². The van der Waals surface area contributed by atoms with E-state index in [4.69, 9.17) is 27.2 Å². The number of fused-ring (bicyclic) bond motifs is 1.